The molecule has 0 aromatic heterocycles. The summed E-state index contributed by atoms with van der Waals surface area (Å²) in [6.07, 6.45) is -0.942. The van der Waals surface area contributed by atoms with Gasteiger partial charge >= 0.3 is 0 Å². The molecule has 1 atom stereocenters. The van der Waals surface area contributed by atoms with E-state index in [1.807, 2.05) is 6.07 Å². The fourth-order valence-electron chi connectivity index (χ4n) is 2.08. The zero-order chi connectivity index (χ0) is 13.4. The highest BCUT2D eigenvalue weighted by Gasteiger charge is 2.36. The summed E-state index contributed by atoms with van der Waals surface area (Å²) in [4.78, 5) is 24.0. The van der Waals surface area contributed by atoms with E-state index in [1.54, 1.807) is 24.3 Å². The van der Waals surface area contributed by atoms with E-state index in [4.69, 9.17) is 4.74 Å². The SMILES string of the molecule is O=C1C(=O)C(c2ccccc2)Oc2cc(O)ccc21. The van der Waals surface area contributed by atoms with Crippen LogP contribution >= 0.6 is 0 Å². The highest BCUT2D eigenvalue weighted by molar-refractivity contribution is 6.46. The summed E-state index contributed by atoms with van der Waals surface area (Å²) in [6, 6.07) is 12.9. The first-order valence-electron chi connectivity index (χ1n) is 5.80. The van der Waals surface area contributed by atoms with Gasteiger partial charge < -0.3 is 9.84 Å². The lowest BCUT2D eigenvalue weighted by Crippen LogP contribution is -2.31. The molecule has 1 aliphatic heterocycles. The molecule has 2 aromatic carbocycles. The maximum atomic E-state index is 12.0. The fraction of sp³-hybridized carbons (Fsp3) is 0.0667. The zero-order valence-electron chi connectivity index (χ0n) is 9.87. The predicted octanol–water partition coefficient (Wildman–Crippen LogP) is 2.28. The Morgan fingerprint density at radius 1 is 1.00 bits per heavy atom. The van der Waals surface area contributed by atoms with Crippen molar-refractivity contribution in [2.24, 2.45) is 0 Å². The van der Waals surface area contributed by atoms with Gasteiger partial charge in [-0.2, -0.15) is 0 Å². The summed E-state index contributed by atoms with van der Waals surface area (Å²) >= 11 is 0. The Bertz CT molecular complexity index is 661. The highest BCUT2D eigenvalue weighted by atomic mass is 16.5. The number of carbonyl (C=O) groups excluding carboxylic acids is 2. The maximum absolute atomic E-state index is 12.0. The molecule has 1 heterocycles. The number of aromatic hydroxyl groups is 1. The van der Waals surface area contributed by atoms with Gasteiger partial charge in [0, 0.05) is 11.6 Å². The van der Waals surface area contributed by atoms with Gasteiger partial charge in [0.1, 0.15) is 11.5 Å². The van der Waals surface area contributed by atoms with Crippen LogP contribution in [-0.4, -0.2) is 16.7 Å². The molecule has 3 rings (SSSR count). The van der Waals surface area contributed by atoms with Crippen LogP contribution in [0.1, 0.15) is 22.0 Å². The van der Waals surface area contributed by atoms with E-state index < -0.39 is 17.7 Å². The van der Waals surface area contributed by atoms with Crippen LogP contribution in [0.25, 0.3) is 0 Å². The third-order valence-electron chi connectivity index (χ3n) is 3.02. The maximum Gasteiger partial charge on any atom is 0.248 e. The van der Waals surface area contributed by atoms with Gasteiger partial charge in [0.25, 0.3) is 0 Å². The number of carbonyl (C=O) groups is 2. The molecule has 0 amide bonds. The normalized spacial score (nSPS) is 17.8. The predicted molar refractivity (Wildman–Crippen MR) is 67.3 cm³/mol. The topological polar surface area (TPSA) is 63.6 Å². The summed E-state index contributed by atoms with van der Waals surface area (Å²) in [5.74, 6) is -0.953. The Kier molecular flexibility index (Phi) is 2.56. The smallest absolute Gasteiger partial charge is 0.248 e. The summed E-state index contributed by atoms with van der Waals surface area (Å²) in [6.45, 7) is 0. The second-order valence-electron chi connectivity index (χ2n) is 4.28. The third-order valence-corrected chi connectivity index (χ3v) is 3.02. The molecule has 0 saturated carbocycles. The van der Waals surface area contributed by atoms with E-state index in [-0.39, 0.29) is 17.1 Å². The molecule has 1 unspecified atom stereocenters. The first-order chi connectivity index (χ1) is 9.16. The van der Waals surface area contributed by atoms with Crippen molar-refractivity contribution in [3.8, 4) is 11.5 Å². The van der Waals surface area contributed by atoms with Crippen LogP contribution in [0, 0.1) is 0 Å². The molecule has 0 aliphatic carbocycles. The number of rotatable bonds is 1. The van der Waals surface area contributed by atoms with Crippen LogP contribution in [0.15, 0.2) is 48.5 Å². The molecule has 0 bridgehead atoms. The van der Waals surface area contributed by atoms with Gasteiger partial charge in [-0.3, -0.25) is 9.59 Å². The molecule has 4 heteroatoms. The number of ether oxygens (including phenoxy) is 1. The minimum Gasteiger partial charge on any atom is -0.508 e. The molecule has 19 heavy (non-hydrogen) atoms. The van der Waals surface area contributed by atoms with Crippen molar-refractivity contribution in [2.45, 2.75) is 6.10 Å². The summed E-state index contributed by atoms with van der Waals surface area (Å²) in [5.41, 5.74) is 0.810. The van der Waals surface area contributed by atoms with E-state index in [1.165, 1.54) is 18.2 Å². The minimum absolute atomic E-state index is 0.00675. The lowest BCUT2D eigenvalue weighted by molar-refractivity contribution is -0.122. The molecule has 1 N–H and O–H groups in total. The molecule has 0 radical (unpaired) electrons. The Balaban J connectivity index is 2.08. The van der Waals surface area contributed by atoms with Crippen molar-refractivity contribution in [1.29, 1.82) is 0 Å². The quantitative estimate of drug-likeness (QED) is 0.793. The Hall–Kier alpha value is -2.62. The number of hydrogen-bond donors (Lipinski definition) is 1. The van der Waals surface area contributed by atoms with Crippen molar-refractivity contribution < 1.29 is 19.4 Å². The largest absolute Gasteiger partial charge is 0.508 e. The molecule has 4 nitrogen and oxygen atoms in total. The average Bonchev–Trinajstić information content (AvgIpc) is 2.43. The molecule has 94 valence electrons. The molecule has 1 aliphatic rings. The van der Waals surface area contributed by atoms with E-state index in [2.05, 4.69) is 0 Å². The van der Waals surface area contributed by atoms with Gasteiger partial charge in [-0.15, -0.1) is 0 Å². The Labute approximate surface area is 109 Å². The second kappa shape index (κ2) is 4.24. The number of phenolic OH excluding ortho intramolecular Hbond substituents is 1. The van der Waals surface area contributed by atoms with Crippen LogP contribution in [0.2, 0.25) is 0 Å². The van der Waals surface area contributed by atoms with Crippen LogP contribution in [0.5, 0.6) is 11.5 Å². The standard InChI is InChI=1S/C15H10O4/c16-10-6-7-11-12(8-10)19-15(14(18)13(11)17)9-4-2-1-3-5-9/h1-8,15-16H. The van der Waals surface area contributed by atoms with E-state index in [9.17, 15) is 14.7 Å². The Morgan fingerprint density at radius 3 is 2.47 bits per heavy atom. The Morgan fingerprint density at radius 2 is 1.74 bits per heavy atom. The van der Waals surface area contributed by atoms with E-state index >= 15 is 0 Å². The minimum atomic E-state index is -0.942. The lowest BCUT2D eigenvalue weighted by atomic mass is 9.95. The summed E-state index contributed by atoms with van der Waals surface area (Å²) < 4.78 is 5.55. The van der Waals surface area contributed by atoms with E-state index in [0.717, 1.165) is 0 Å². The molecular formula is C15H10O4. The van der Waals surface area contributed by atoms with Gasteiger partial charge in [0.05, 0.1) is 5.56 Å². The monoisotopic (exact) mass is 254 g/mol. The van der Waals surface area contributed by atoms with Crippen molar-refractivity contribution in [3.05, 3.63) is 59.7 Å². The van der Waals surface area contributed by atoms with E-state index in [0.29, 0.717) is 5.56 Å². The van der Waals surface area contributed by atoms with Gasteiger partial charge in [-0.05, 0) is 12.1 Å². The van der Waals surface area contributed by atoms with Crippen LogP contribution in [0.3, 0.4) is 0 Å². The van der Waals surface area contributed by atoms with Crippen molar-refractivity contribution in [2.75, 3.05) is 0 Å². The number of benzene rings is 2. The zero-order valence-corrected chi connectivity index (χ0v) is 9.87. The molecule has 2 aromatic rings. The van der Waals surface area contributed by atoms with Crippen LogP contribution in [-0.2, 0) is 4.79 Å². The third kappa shape index (κ3) is 1.87. The van der Waals surface area contributed by atoms with Gasteiger partial charge in [-0.1, -0.05) is 30.3 Å². The fourth-order valence-corrected chi connectivity index (χ4v) is 2.08. The molecule has 0 saturated heterocycles. The summed E-state index contributed by atoms with van der Waals surface area (Å²) in [5, 5.41) is 9.42. The average molecular weight is 254 g/mol. The highest BCUT2D eigenvalue weighted by Crippen LogP contribution is 2.34. The number of fused-ring (bicyclic) bond motifs is 1. The number of hydrogen-bond acceptors (Lipinski definition) is 4. The number of ketones is 2. The van der Waals surface area contributed by atoms with Crippen molar-refractivity contribution >= 4 is 11.6 Å². The van der Waals surface area contributed by atoms with Gasteiger partial charge in [-0.25, -0.2) is 0 Å². The van der Waals surface area contributed by atoms with Crippen molar-refractivity contribution in [3.63, 3.8) is 0 Å². The molecule has 0 spiro atoms. The second-order valence-corrected chi connectivity index (χ2v) is 4.28. The van der Waals surface area contributed by atoms with Crippen LogP contribution in [0.4, 0.5) is 0 Å². The molecule has 0 fully saturated rings. The lowest BCUT2D eigenvalue weighted by Gasteiger charge is -2.24. The summed E-state index contributed by atoms with van der Waals surface area (Å²) in [7, 11) is 0. The molecular weight excluding hydrogens is 244 g/mol. The van der Waals surface area contributed by atoms with Crippen molar-refractivity contribution in [1.82, 2.24) is 0 Å². The van der Waals surface area contributed by atoms with Gasteiger partial charge in [0.2, 0.25) is 11.6 Å². The first kappa shape index (κ1) is 11.5. The number of phenols is 1. The van der Waals surface area contributed by atoms with Gasteiger partial charge in [0.15, 0.2) is 6.10 Å². The van der Waals surface area contributed by atoms with Crippen LogP contribution < -0.4 is 4.74 Å². The first-order valence-corrected chi connectivity index (χ1v) is 5.80. The number of Topliss-reactive ketones (excluding diaryl/α,β-unsaturated/α-hetero) is 2.